The van der Waals surface area contributed by atoms with Crippen molar-refractivity contribution in [1.82, 2.24) is 0 Å². The van der Waals surface area contributed by atoms with E-state index < -0.39 is 0 Å². The van der Waals surface area contributed by atoms with Crippen LogP contribution >= 0.6 is 0 Å². The maximum atomic E-state index is 8.69. The average molecular weight is 299 g/mol. The van der Waals surface area contributed by atoms with Gasteiger partial charge in [-0.05, 0) is 49.4 Å². The molecule has 3 nitrogen and oxygen atoms in total. The molecule has 0 aromatic heterocycles. The minimum Gasteiger partial charge on any atom is -0.371 e. The highest BCUT2D eigenvalue weighted by Crippen LogP contribution is 2.46. The summed E-state index contributed by atoms with van der Waals surface area (Å²) in [6, 6.07) is 0.221. The lowest BCUT2D eigenvalue weighted by Crippen LogP contribution is -2.37. The number of aliphatic hydroxyl groups excluding tert-OH is 1. The number of hydrogen-bond acceptors (Lipinski definition) is 3. The molecule has 0 aliphatic heterocycles. The number of allylic oxidation sites excluding steroid dienone is 2. The van der Waals surface area contributed by atoms with Crippen LogP contribution in [0.25, 0.3) is 0 Å². The van der Waals surface area contributed by atoms with Crippen molar-refractivity contribution >= 4 is 0 Å². The molecule has 3 unspecified atom stereocenters. The van der Waals surface area contributed by atoms with Crippen LogP contribution in [-0.4, -0.2) is 24.5 Å². The van der Waals surface area contributed by atoms with Crippen molar-refractivity contribution in [3.63, 3.8) is 0 Å². The van der Waals surface area contributed by atoms with Gasteiger partial charge in [0.15, 0.2) is 0 Å². The minimum atomic E-state index is -0.186. The molecular formula is C18H37NO2. The van der Waals surface area contributed by atoms with E-state index in [-0.39, 0.29) is 23.7 Å². The van der Waals surface area contributed by atoms with Crippen LogP contribution in [0.4, 0.5) is 0 Å². The van der Waals surface area contributed by atoms with Gasteiger partial charge in [0.05, 0.1) is 0 Å². The van der Waals surface area contributed by atoms with Crippen molar-refractivity contribution < 1.29 is 9.84 Å². The first-order chi connectivity index (χ1) is 9.72. The highest BCUT2D eigenvalue weighted by molar-refractivity contribution is 5.06. The summed E-state index contributed by atoms with van der Waals surface area (Å²) >= 11 is 0. The number of rotatable bonds is 11. The largest absolute Gasteiger partial charge is 0.371 e. The SMILES string of the molecule is CCC(/C=C/C(C)(CC)C(C)(C)CC(C)N)CCOCO. The van der Waals surface area contributed by atoms with E-state index in [1.807, 2.05) is 0 Å². The summed E-state index contributed by atoms with van der Waals surface area (Å²) in [5, 5.41) is 8.69. The van der Waals surface area contributed by atoms with Crippen molar-refractivity contribution in [3.8, 4) is 0 Å². The van der Waals surface area contributed by atoms with E-state index in [0.717, 1.165) is 25.7 Å². The Labute approximate surface area is 132 Å². The van der Waals surface area contributed by atoms with Gasteiger partial charge in [-0.25, -0.2) is 0 Å². The molecule has 0 amide bonds. The van der Waals surface area contributed by atoms with Gasteiger partial charge in [0, 0.05) is 12.6 Å². The van der Waals surface area contributed by atoms with Gasteiger partial charge in [-0.15, -0.1) is 0 Å². The molecule has 0 fully saturated rings. The van der Waals surface area contributed by atoms with E-state index in [4.69, 9.17) is 15.6 Å². The molecule has 3 heteroatoms. The highest BCUT2D eigenvalue weighted by atomic mass is 16.6. The summed E-state index contributed by atoms with van der Waals surface area (Å²) in [6.07, 6.45) is 8.91. The van der Waals surface area contributed by atoms with E-state index in [1.165, 1.54) is 0 Å². The van der Waals surface area contributed by atoms with Crippen molar-refractivity contribution in [2.24, 2.45) is 22.5 Å². The molecule has 0 aliphatic carbocycles. The zero-order chi connectivity index (χ0) is 16.5. The zero-order valence-corrected chi connectivity index (χ0v) is 15.0. The van der Waals surface area contributed by atoms with Gasteiger partial charge in [-0.2, -0.15) is 0 Å². The predicted octanol–water partition coefficient (Wildman–Crippen LogP) is 4.11. The Morgan fingerprint density at radius 1 is 1.24 bits per heavy atom. The first-order valence-corrected chi connectivity index (χ1v) is 8.36. The predicted molar refractivity (Wildman–Crippen MR) is 91.0 cm³/mol. The number of ether oxygens (including phenoxy) is 1. The van der Waals surface area contributed by atoms with Gasteiger partial charge in [-0.1, -0.05) is 46.8 Å². The van der Waals surface area contributed by atoms with Crippen LogP contribution in [0.5, 0.6) is 0 Å². The molecule has 3 N–H and O–H groups in total. The van der Waals surface area contributed by atoms with Gasteiger partial charge >= 0.3 is 0 Å². The van der Waals surface area contributed by atoms with Crippen LogP contribution in [0.15, 0.2) is 12.2 Å². The fourth-order valence-corrected chi connectivity index (χ4v) is 2.94. The lowest BCUT2D eigenvalue weighted by Gasteiger charge is -2.43. The molecule has 0 radical (unpaired) electrons. The molecule has 0 aromatic rings. The van der Waals surface area contributed by atoms with E-state index in [9.17, 15) is 0 Å². The van der Waals surface area contributed by atoms with E-state index >= 15 is 0 Å². The zero-order valence-electron chi connectivity index (χ0n) is 15.0. The Kier molecular flexibility index (Phi) is 9.43. The Morgan fingerprint density at radius 3 is 2.29 bits per heavy atom. The number of aliphatic hydroxyl groups is 1. The summed E-state index contributed by atoms with van der Waals surface area (Å²) in [5.41, 5.74) is 6.35. The number of nitrogens with two attached hydrogens (primary N) is 1. The molecule has 126 valence electrons. The standard InChI is InChI=1S/C18H37NO2/c1-7-16(10-12-21-14-20)9-11-18(6,8-2)17(4,5)13-15(3)19/h9,11,15-16,20H,7-8,10,12-14,19H2,1-6H3/b11-9+. The summed E-state index contributed by atoms with van der Waals surface area (Å²) in [5.74, 6) is 0.508. The van der Waals surface area contributed by atoms with Crippen LogP contribution in [0, 0.1) is 16.7 Å². The van der Waals surface area contributed by atoms with E-state index in [1.54, 1.807) is 0 Å². The van der Waals surface area contributed by atoms with Crippen LogP contribution in [0.3, 0.4) is 0 Å². The van der Waals surface area contributed by atoms with E-state index in [2.05, 4.69) is 53.7 Å². The molecule has 21 heavy (non-hydrogen) atoms. The second kappa shape index (κ2) is 9.60. The average Bonchev–Trinajstić information content (AvgIpc) is 2.40. The van der Waals surface area contributed by atoms with Crippen LogP contribution in [0.1, 0.15) is 67.2 Å². The molecule has 0 heterocycles. The maximum absolute atomic E-state index is 8.69. The second-order valence-electron chi connectivity index (χ2n) is 7.19. The molecule has 0 aliphatic rings. The lowest BCUT2D eigenvalue weighted by atomic mass is 9.62. The van der Waals surface area contributed by atoms with Crippen LogP contribution in [0.2, 0.25) is 0 Å². The van der Waals surface area contributed by atoms with Gasteiger partial charge in [0.1, 0.15) is 6.79 Å². The highest BCUT2D eigenvalue weighted by Gasteiger charge is 2.37. The molecule has 0 spiro atoms. The Hall–Kier alpha value is -0.380. The summed E-state index contributed by atoms with van der Waals surface area (Å²) in [6.45, 7) is 13.9. The van der Waals surface area contributed by atoms with Crippen LogP contribution in [-0.2, 0) is 4.74 Å². The summed E-state index contributed by atoms with van der Waals surface area (Å²) < 4.78 is 5.05. The third-order valence-electron chi connectivity index (χ3n) is 5.10. The second-order valence-corrected chi connectivity index (χ2v) is 7.19. The van der Waals surface area contributed by atoms with E-state index in [0.29, 0.717) is 12.5 Å². The Morgan fingerprint density at radius 2 is 1.86 bits per heavy atom. The maximum Gasteiger partial charge on any atom is 0.143 e. The first kappa shape index (κ1) is 20.6. The number of hydrogen-bond donors (Lipinski definition) is 2. The molecular weight excluding hydrogens is 262 g/mol. The summed E-state index contributed by atoms with van der Waals surface area (Å²) in [4.78, 5) is 0. The Balaban J connectivity index is 4.87. The normalized spacial score (nSPS) is 18.7. The van der Waals surface area contributed by atoms with Crippen molar-refractivity contribution in [2.75, 3.05) is 13.4 Å². The fraction of sp³-hybridized carbons (Fsp3) is 0.889. The molecule has 0 rings (SSSR count). The monoisotopic (exact) mass is 299 g/mol. The van der Waals surface area contributed by atoms with Crippen molar-refractivity contribution in [3.05, 3.63) is 12.2 Å². The van der Waals surface area contributed by atoms with Gasteiger partial charge in [-0.3, -0.25) is 0 Å². The smallest absolute Gasteiger partial charge is 0.143 e. The molecule has 0 saturated carbocycles. The third-order valence-corrected chi connectivity index (χ3v) is 5.10. The van der Waals surface area contributed by atoms with Gasteiger partial charge < -0.3 is 15.6 Å². The first-order valence-electron chi connectivity index (χ1n) is 8.36. The molecule has 0 aromatic carbocycles. The molecule has 3 atom stereocenters. The summed E-state index contributed by atoms with van der Waals surface area (Å²) in [7, 11) is 0. The van der Waals surface area contributed by atoms with Gasteiger partial charge in [0.25, 0.3) is 0 Å². The topological polar surface area (TPSA) is 55.5 Å². The van der Waals surface area contributed by atoms with Crippen molar-refractivity contribution in [2.45, 2.75) is 73.3 Å². The minimum absolute atomic E-state index is 0.145. The van der Waals surface area contributed by atoms with Crippen LogP contribution < -0.4 is 5.73 Å². The molecule has 0 bridgehead atoms. The fourth-order valence-electron chi connectivity index (χ4n) is 2.94. The van der Waals surface area contributed by atoms with Crippen molar-refractivity contribution in [1.29, 1.82) is 0 Å². The lowest BCUT2D eigenvalue weighted by molar-refractivity contribution is -0.00519. The quantitative estimate of drug-likeness (QED) is 0.343. The molecule has 0 saturated heterocycles. The Bertz CT molecular complexity index is 300. The third kappa shape index (κ3) is 6.94. The van der Waals surface area contributed by atoms with Gasteiger partial charge in [0.2, 0.25) is 0 Å².